The molecule has 0 fully saturated rings. The highest BCUT2D eigenvalue weighted by molar-refractivity contribution is 5.94. The van der Waals surface area contributed by atoms with Gasteiger partial charge in [0, 0.05) is 6.42 Å². The van der Waals surface area contributed by atoms with Crippen molar-refractivity contribution in [1.29, 1.82) is 0 Å². The van der Waals surface area contributed by atoms with Gasteiger partial charge >= 0.3 is 0 Å². The molecule has 0 aromatic heterocycles. The molecule has 0 bridgehead atoms. The van der Waals surface area contributed by atoms with Crippen molar-refractivity contribution in [3.8, 4) is 0 Å². The number of rotatable bonds is 16. The fraction of sp³-hybridized carbons (Fsp3) is 0.556. The number of aliphatic hydroxyl groups excluding tert-OH is 1. The normalized spacial score (nSPS) is 11.7. The van der Waals surface area contributed by atoms with Gasteiger partial charge in [-0.25, -0.2) is 0 Å². The van der Waals surface area contributed by atoms with E-state index in [1.165, 1.54) is 6.92 Å². The van der Waals surface area contributed by atoms with Gasteiger partial charge in [0.25, 0.3) is 0 Å². The van der Waals surface area contributed by atoms with E-state index in [0.29, 0.717) is 0 Å². The molecular formula is C18H30N8O9. The Balaban J connectivity index is 4.51. The molecule has 0 aromatic rings. The Labute approximate surface area is 199 Å². The van der Waals surface area contributed by atoms with Gasteiger partial charge in [0.2, 0.25) is 47.3 Å². The maximum Gasteiger partial charge on any atom is 0.246 e. The SMILES string of the molecule is CC(NC(=O)CNC(=O)CNC(=O)CNC(=O)C(CCC(N)=O)NC(=O)CNC(=O)CO)C(N)=O. The van der Waals surface area contributed by atoms with Crippen LogP contribution in [0.1, 0.15) is 19.8 Å². The van der Waals surface area contributed by atoms with Gasteiger partial charge in [-0.2, -0.15) is 0 Å². The summed E-state index contributed by atoms with van der Waals surface area (Å²) in [5, 5.41) is 21.8. The number of primary amides is 2. The third-order valence-electron chi connectivity index (χ3n) is 4.04. The van der Waals surface area contributed by atoms with E-state index in [-0.39, 0.29) is 12.8 Å². The van der Waals surface area contributed by atoms with E-state index >= 15 is 0 Å². The molecule has 0 saturated heterocycles. The van der Waals surface area contributed by atoms with E-state index in [2.05, 4.69) is 31.9 Å². The van der Waals surface area contributed by atoms with Crippen molar-refractivity contribution in [1.82, 2.24) is 31.9 Å². The number of nitrogens with one attached hydrogen (secondary N) is 6. The summed E-state index contributed by atoms with van der Waals surface area (Å²) in [4.78, 5) is 92.1. The molecule has 0 rings (SSSR count). The van der Waals surface area contributed by atoms with Crippen LogP contribution in [0.2, 0.25) is 0 Å². The average Bonchev–Trinajstić information content (AvgIpc) is 2.80. The Morgan fingerprint density at radius 1 is 0.686 bits per heavy atom. The number of hydrogen-bond donors (Lipinski definition) is 9. The first kappa shape index (κ1) is 30.7. The van der Waals surface area contributed by atoms with Crippen molar-refractivity contribution in [2.75, 3.05) is 32.8 Å². The van der Waals surface area contributed by atoms with Crippen LogP contribution in [0.3, 0.4) is 0 Å². The monoisotopic (exact) mass is 502 g/mol. The van der Waals surface area contributed by atoms with E-state index in [9.17, 15) is 38.4 Å². The van der Waals surface area contributed by atoms with Crippen LogP contribution in [0, 0.1) is 0 Å². The Morgan fingerprint density at radius 2 is 1.14 bits per heavy atom. The highest BCUT2D eigenvalue weighted by atomic mass is 16.3. The van der Waals surface area contributed by atoms with Crippen molar-refractivity contribution in [3.63, 3.8) is 0 Å². The zero-order valence-corrected chi connectivity index (χ0v) is 19.0. The summed E-state index contributed by atoms with van der Waals surface area (Å²) in [5.74, 6) is -6.16. The summed E-state index contributed by atoms with van der Waals surface area (Å²) >= 11 is 0. The minimum atomic E-state index is -1.27. The average molecular weight is 502 g/mol. The lowest BCUT2D eigenvalue weighted by Crippen LogP contribution is -2.52. The van der Waals surface area contributed by atoms with E-state index in [1.807, 2.05) is 0 Å². The topological polar surface area (TPSA) is 281 Å². The predicted octanol–water partition coefficient (Wildman–Crippen LogP) is -6.82. The molecule has 0 aliphatic rings. The van der Waals surface area contributed by atoms with Gasteiger partial charge in [0.1, 0.15) is 18.7 Å². The second kappa shape index (κ2) is 16.4. The molecule has 0 heterocycles. The summed E-state index contributed by atoms with van der Waals surface area (Å²) in [5.41, 5.74) is 10.0. The van der Waals surface area contributed by atoms with Crippen LogP contribution in [-0.2, 0) is 38.4 Å². The third kappa shape index (κ3) is 15.2. The van der Waals surface area contributed by atoms with Crippen molar-refractivity contribution in [3.05, 3.63) is 0 Å². The third-order valence-corrected chi connectivity index (χ3v) is 4.04. The standard InChI is InChI=1S/C18H30N8O9/c1-9(17(20)34)25-14(31)6-22-12(29)4-21-13(30)5-24-18(35)10(2-3-11(19)28)26-15(32)7-23-16(33)8-27/h9-10,27H,2-8H2,1H3,(H2,19,28)(H2,20,34)(H,21,30)(H,22,29)(H,23,33)(H,24,35)(H,25,31)(H,26,32). The Kier molecular flexibility index (Phi) is 14.4. The van der Waals surface area contributed by atoms with Gasteiger partial charge < -0.3 is 48.5 Å². The number of carbonyl (C=O) groups excluding carboxylic acids is 8. The van der Waals surface area contributed by atoms with Crippen LogP contribution < -0.4 is 43.4 Å². The van der Waals surface area contributed by atoms with Gasteiger partial charge in [-0.15, -0.1) is 0 Å². The van der Waals surface area contributed by atoms with Gasteiger partial charge in [-0.3, -0.25) is 38.4 Å². The summed E-state index contributed by atoms with van der Waals surface area (Å²) in [7, 11) is 0. The maximum absolute atomic E-state index is 12.3. The van der Waals surface area contributed by atoms with E-state index in [1.54, 1.807) is 0 Å². The van der Waals surface area contributed by atoms with Crippen LogP contribution in [0.25, 0.3) is 0 Å². The smallest absolute Gasteiger partial charge is 0.246 e. The zero-order chi connectivity index (χ0) is 27.0. The molecule has 0 radical (unpaired) electrons. The molecule has 2 atom stereocenters. The minimum Gasteiger partial charge on any atom is -0.387 e. The Bertz CT molecular complexity index is 833. The summed E-state index contributed by atoms with van der Waals surface area (Å²) in [6, 6.07) is -2.20. The highest BCUT2D eigenvalue weighted by Crippen LogP contribution is 1.97. The second-order valence-corrected chi connectivity index (χ2v) is 7.02. The largest absolute Gasteiger partial charge is 0.387 e. The maximum atomic E-state index is 12.3. The molecule has 0 aliphatic carbocycles. The number of amides is 8. The Morgan fingerprint density at radius 3 is 1.63 bits per heavy atom. The van der Waals surface area contributed by atoms with Crippen LogP contribution in [0.4, 0.5) is 0 Å². The first-order chi connectivity index (χ1) is 16.3. The van der Waals surface area contributed by atoms with E-state index < -0.39 is 92.1 Å². The lowest BCUT2D eigenvalue weighted by Gasteiger charge is -2.18. The van der Waals surface area contributed by atoms with Crippen LogP contribution >= 0.6 is 0 Å². The molecule has 0 saturated carbocycles. The van der Waals surface area contributed by atoms with Crippen molar-refractivity contribution in [2.45, 2.75) is 31.8 Å². The van der Waals surface area contributed by atoms with Gasteiger partial charge in [-0.1, -0.05) is 0 Å². The van der Waals surface area contributed by atoms with Crippen molar-refractivity contribution < 1.29 is 43.5 Å². The van der Waals surface area contributed by atoms with Crippen LogP contribution in [0.5, 0.6) is 0 Å². The molecular weight excluding hydrogens is 472 g/mol. The number of nitrogens with two attached hydrogens (primary N) is 2. The summed E-state index contributed by atoms with van der Waals surface area (Å²) < 4.78 is 0. The molecule has 11 N–H and O–H groups in total. The molecule has 0 aromatic carbocycles. The van der Waals surface area contributed by atoms with Gasteiger partial charge in [0.05, 0.1) is 26.2 Å². The van der Waals surface area contributed by atoms with Crippen molar-refractivity contribution >= 4 is 47.3 Å². The highest BCUT2D eigenvalue weighted by Gasteiger charge is 2.22. The minimum absolute atomic E-state index is 0.193. The predicted molar refractivity (Wildman–Crippen MR) is 116 cm³/mol. The van der Waals surface area contributed by atoms with Crippen LogP contribution in [-0.4, -0.2) is 97.2 Å². The summed E-state index contributed by atoms with van der Waals surface area (Å²) in [6.45, 7) is -1.62. The zero-order valence-electron chi connectivity index (χ0n) is 19.0. The first-order valence-corrected chi connectivity index (χ1v) is 10.2. The van der Waals surface area contributed by atoms with Gasteiger partial charge in [0.15, 0.2) is 0 Å². The van der Waals surface area contributed by atoms with E-state index in [0.717, 1.165) is 0 Å². The molecule has 8 amide bonds. The molecule has 2 unspecified atom stereocenters. The Hall–Kier alpha value is -4.28. The summed E-state index contributed by atoms with van der Waals surface area (Å²) in [6.07, 6.45) is -0.457. The molecule has 35 heavy (non-hydrogen) atoms. The molecule has 17 heteroatoms. The van der Waals surface area contributed by atoms with Gasteiger partial charge in [-0.05, 0) is 13.3 Å². The number of aliphatic hydroxyl groups is 1. The molecule has 0 aliphatic heterocycles. The molecule has 196 valence electrons. The second-order valence-electron chi connectivity index (χ2n) is 7.02. The fourth-order valence-electron chi connectivity index (χ4n) is 2.17. The fourth-order valence-corrected chi connectivity index (χ4v) is 2.17. The lowest BCUT2D eigenvalue weighted by molar-refractivity contribution is -0.132. The quantitative estimate of drug-likeness (QED) is 0.0967. The lowest BCUT2D eigenvalue weighted by atomic mass is 10.1. The number of hydrogen-bond acceptors (Lipinski definition) is 9. The molecule has 0 spiro atoms. The van der Waals surface area contributed by atoms with Crippen LogP contribution in [0.15, 0.2) is 0 Å². The first-order valence-electron chi connectivity index (χ1n) is 10.2. The number of carbonyl (C=O) groups is 8. The van der Waals surface area contributed by atoms with Crippen molar-refractivity contribution in [2.24, 2.45) is 11.5 Å². The van der Waals surface area contributed by atoms with E-state index in [4.69, 9.17) is 16.6 Å². The molecule has 17 nitrogen and oxygen atoms in total.